The predicted molar refractivity (Wildman–Crippen MR) is 73.7 cm³/mol. The van der Waals surface area contributed by atoms with E-state index in [2.05, 4.69) is 58.2 Å². The van der Waals surface area contributed by atoms with Crippen molar-refractivity contribution in [2.45, 2.75) is 32.6 Å². The summed E-state index contributed by atoms with van der Waals surface area (Å²) in [4.78, 5) is 0. The van der Waals surface area contributed by atoms with Gasteiger partial charge in [-0.2, -0.15) is 0 Å². The first kappa shape index (κ1) is 13.6. The van der Waals surface area contributed by atoms with Crippen molar-refractivity contribution in [2.24, 2.45) is 11.5 Å². The lowest BCUT2D eigenvalue weighted by Crippen LogP contribution is -2.38. The van der Waals surface area contributed by atoms with Crippen molar-refractivity contribution in [3.63, 3.8) is 0 Å². The van der Waals surface area contributed by atoms with Gasteiger partial charge in [0.25, 0.3) is 0 Å². The molecule has 2 rings (SSSR count). The number of rotatable bonds is 6. The normalized spacial score (nSPS) is 10.6. The Balaban J connectivity index is 1.81. The van der Waals surface area contributed by atoms with Crippen LogP contribution in [0.15, 0.2) is 49.1 Å². The molecule has 0 unspecified atom stereocenters. The number of aryl methyl sites for hydroxylation is 2. The van der Waals surface area contributed by atoms with Crippen LogP contribution < -0.4 is 20.6 Å². The quantitative estimate of drug-likeness (QED) is 0.731. The number of aromatic nitrogens is 2. The molecule has 2 heterocycles. The van der Waals surface area contributed by atoms with E-state index in [-0.39, 0.29) is 0 Å². The number of hydrogen-bond donors (Lipinski definition) is 2. The van der Waals surface area contributed by atoms with Crippen LogP contribution >= 0.6 is 0 Å². The lowest BCUT2D eigenvalue weighted by molar-refractivity contribution is -0.727. The van der Waals surface area contributed by atoms with Crippen LogP contribution in [-0.2, 0) is 26.2 Å². The second kappa shape index (κ2) is 6.97. The van der Waals surface area contributed by atoms with Crippen LogP contribution in [0.3, 0.4) is 0 Å². The van der Waals surface area contributed by atoms with E-state index >= 15 is 0 Å². The molecule has 0 aromatic carbocycles. The number of nitrogens with two attached hydrogens (primary N) is 2. The Kier molecular flexibility index (Phi) is 5.01. The molecule has 0 aliphatic heterocycles. The van der Waals surface area contributed by atoms with Crippen LogP contribution in [0.2, 0.25) is 0 Å². The maximum absolute atomic E-state index is 5.58. The zero-order chi connectivity index (χ0) is 13.5. The van der Waals surface area contributed by atoms with E-state index in [0.29, 0.717) is 13.1 Å². The minimum atomic E-state index is 0.601. The standard InChI is InChI=1S/C15H22N4/c16-12-14-2-8-18(9-3-14)6-1-7-19-10-4-15(13-17)5-11-19/h2-5,8-11H,1,6-7,12-13,16-17H2/q+2. The molecule has 0 aliphatic carbocycles. The van der Waals surface area contributed by atoms with Gasteiger partial charge in [0.1, 0.15) is 0 Å². The molecule has 2 aromatic rings. The fourth-order valence-corrected chi connectivity index (χ4v) is 1.98. The molecule has 0 aliphatic rings. The van der Waals surface area contributed by atoms with E-state index in [4.69, 9.17) is 11.5 Å². The average Bonchev–Trinajstić information content (AvgIpc) is 2.49. The molecule has 4 heteroatoms. The average molecular weight is 258 g/mol. The van der Waals surface area contributed by atoms with E-state index in [0.717, 1.165) is 19.5 Å². The first-order valence-electron chi connectivity index (χ1n) is 6.68. The third-order valence-corrected chi connectivity index (χ3v) is 3.22. The Bertz CT molecular complexity index is 443. The summed E-state index contributed by atoms with van der Waals surface area (Å²) in [6.07, 6.45) is 9.45. The molecule has 100 valence electrons. The largest absolute Gasteiger partial charge is 0.326 e. The molecule has 0 fully saturated rings. The maximum atomic E-state index is 5.58. The Morgan fingerprint density at radius 2 is 1.05 bits per heavy atom. The monoisotopic (exact) mass is 258 g/mol. The Hall–Kier alpha value is -1.78. The van der Waals surface area contributed by atoms with Gasteiger partial charge in [-0.3, -0.25) is 0 Å². The van der Waals surface area contributed by atoms with Crippen LogP contribution in [0.4, 0.5) is 0 Å². The summed E-state index contributed by atoms with van der Waals surface area (Å²) in [6.45, 7) is 3.22. The fourth-order valence-electron chi connectivity index (χ4n) is 1.98. The van der Waals surface area contributed by atoms with E-state index in [1.807, 2.05) is 0 Å². The summed E-state index contributed by atoms with van der Waals surface area (Å²) in [5.41, 5.74) is 13.5. The lowest BCUT2D eigenvalue weighted by Gasteiger charge is -1.99. The maximum Gasteiger partial charge on any atom is 0.169 e. The molecule has 0 radical (unpaired) electrons. The highest BCUT2D eigenvalue weighted by molar-refractivity contribution is 5.06. The van der Waals surface area contributed by atoms with Crippen molar-refractivity contribution in [3.05, 3.63) is 60.2 Å². The summed E-state index contributed by atoms with van der Waals surface area (Å²) in [5, 5.41) is 0. The second-order valence-electron chi connectivity index (χ2n) is 4.65. The Morgan fingerprint density at radius 3 is 1.37 bits per heavy atom. The molecule has 4 N–H and O–H groups in total. The lowest BCUT2D eigenvalue weighted by atomic mass is 10.2. The third-order valence-electron chi connectivity index (χ3n) is 3.22. The highest BCUT2D eigenvalue weighted by atomic mass is 15.0. The van der Waals surface area contributed by atoms with Gasteiger partial charge in [0.2, 0.25) is 0 Å². The molecule has 0 bridgehead atoms. The van der Waals surface area contributed by atoms with E-state index in [1.165, 1.54) is 11.1 Å². The fraction of sp³-hybridized carbons (Fsp3) is 0.333. The highest BCUT2D eigenvalue weighted by Crippen LogP contribution is 1.94. The smallest absolute Gasteiger partial charge is 0.169 e. The summed E-state index contributed by atoms with van der Waals surface area (Å²) in [6, 6.07) is 8.29. The topological polar surface area (TPSA) is 59.8 Å². The van der Waals surface area contributed by atoms with Crippen molar-refractivity contribution in [1.82, 2.24) is 0 Å². The molecule has 0 saturated carbocycles. The van der Waals surface area contributed by atoms with Gasteiger partial charge in [-0.25, -0.2) is 9.13 Å². The van der Waals surface area contributed by atoms with Crippen LogP contribution in [-0.4, -0.2) is 0 Å². The molecular formula is C15H22N4+2. The zero-order valence-electron chi connectivity index (χ0n) is 11.2. The van der Waals surface area contributed by atoms with Crippen LogP contribution in [0.1, 0.15) is 17.5 Å². The number of pyridine rings is 2. The first-order valence-corrected chi connectivity index (χ1v) is 6.68. The van der Waals surface area contributed by atoms with E-state index in [9.17, 15) is 0 Å². The minimum Gasteiger partial charge on any atom is -0.326 e. The van der Waals surface area contributed by atoms with Crippen molar-refractivity contribution in [2.75, 3.05) is 0 Å². The van der Waals surface area contributed by atoms with Crippen molar-refractivity contribution in [1.29, 1.82) is 0 Å². The molecular weight excluding hydrogens is 236 g/mol. The van der Waals surface area contributed by atoms with Gasteiger partial charge in [-0.1, -0.05) is 0 Å². The molecule has 2 aromatic heterocycles. The molecule has 0 atom stereocenters. The van der Waals surface area contributed by atoms with Gasteiger partial charge in [-0.15, -0.1) is 0 Å². The van der Waals surface area contributed by atoms with Crippen LogP contribution in [0, 0.1) is 0 Å². The van der Waals surface area contributed by atoms with E-state index < -0.39 is 0 Å². The SMILES string of the molecule is NCc1cc[n+](CCC[n+]2ccc(CN)cc2)cc1. The number of nitrogens with zero attached hydrogens (tertiary/aromatic N) is 2. The van der Waals surface area contributed by atoms with Crippen molar-refractivity contribution < 1.29 is 9.13 Å². The molecule has 0 saturated heterocycles. The molecule has 4 nitrogen and oxygen atoms in total. The first-order chi connectivity index (χ1) is 9.31. The van der Waals surface area contributed by atoms with Gasteiger partial charge in [0.15, 0.2) is 37.9 Å². The van der Waals surface area contributed by atoms with Gasteiger partial charge in [0.05, 0.1) is 6.42 Å². The summed E-state index contributed by atoms with van der Waals surface area (Å²) >= 11 is 0. The summed E-state index contributed by atoms with van der Waals surface area (Å²) in [7, 11) is 0. The van der Waals surface area contributed by atoms with Gasteiger partial charge in [-0.05, 0) is 11.1 Å². The van der Waals surface area contributed by atoms with Gasteiger partial charge >= 0.3 is 0 Å². The van der Waals surface area contributed by atoms with Crippen molar-refractivity contribution >= 4 is 0 Å². The molecule has 0 amide bonds. The van der Waals surface area contributed by atoms with Crippen LogP contribution in [0.5, 0.6) is 0 Å². The highest BCUT2D eigenvalue weighted by Gasteiger charge is 2.04. The zero-order valence-corrected chi connectivity index (χ0v) is 11.2. The Labute approximate surface area is 114 Å². The van der Waals surface area contributed by atoms with Gasteiger partial charge in [0, 0.05) is 37.4 Å². The minimum absolute atomic E-state index is 0.601. The third kappa shape index (κ3) is 4.12. The Morgan fingerprint density at radius 1 is 0.684 bits per heavy atom. The summed E-state index contributed by atoms with van der Waals surface area (Å²) in [5.74, 6) is 0. The van der Waals surface area contributed by atoms with Gasteiger partial charge < -0.3 is 11.5 Å². The second-order valence-corrected chi connectivity index (χ2v) is 4.65. The van der Waals surface area contributed by atoms with E-state index in [1.54, 1.807) is 0 Å². The number of hydrogen-bond acceptors (Lipinski definition) is 2. The predicted octanol–water partition coefficient (Wildman–Crippen LogP) is 0.269. The summed E-state index contributed by atoms with van der Waals surface area (Å²) < 4.78 is 4.38. The van der Waals surface area contributed by atoms with Crippen LogP contribution in [0.25, 0.3) is 0 Å². The molecule has 0 spiro atoms. The van der Waals surface area contributed by atoms with Crippen molar-refractivity contribution in [3.8, 4) is 0 Å². The molecule has 19 heavy (non-hydrogen) atoms.